The minimum atomic E-state index is -0.0632. The second kappa shape index (κ2) is 6.68. The van der Waals surface area contributed by atoms with E-state index in [9.17, 15) is 4.79 Å². The molecule has 1 aliphatic heterocycles. The molecule has 0 saturated carbocycles. The van der Waals surface area contributed by atoms with Gasteiger partial charge >= 0.3 is 0 Å². The number of furan rings is 1. The molecule has 1 saturated heterocycles. The summed E-state index contributed by atoms with van der Waals surface area (Å²) in [6.07, 6.45) is 1.53. The van der Waals surface area contributed by atoms with Gasteiger partial charge in [-0.3, -0.25) is 9.48 Å². The van der Waals surface area contributed by atoms with Crippen molar-refractivity contribution in [2.24, 2.45) is 7.05 Å². The molecule has 0 bridgehead atoms. The minimum Gasteiger partial charge on any atom is -0.459 e. The van der Waals surface area contributed by atoms with Gasteiger partial charge in [-0.2, -0.15) is 5.10 Å². The van der Waals surface area contributed by atoms with E-state index in [2.05, 4.69) is 23.8 Å². The summed E-state index contributed by atoms with van der Waals surface area (Å²) in [5.41, 5.74) is 2.76. The average molecular weight is 368 g/mol. The number of aryl methyl sites for hydroxylation is 2. The molecular formula is C19H24N6O2. The molecule has 3 aromatic heterocycles. The molecule has 0 atom stereocenters. The summed E-state index contributed by atoms with van der Waals surface area (Å²) in [5.74, 6) is 2.28. The summed E-state index contributed by atoms with van der Waals surface area (Å²) in [4.78, 5) is 26.1. The largest absolute Gasteiger partial charge is 0.459 e. The van der Waals surface area contributed by atoms with Crippen LogP contribution < -0.4 is 4.90 Å². The summed E-state index contributed by atoms with van der Waals surface area (Å²) in [6, 6.07) is 3.44. The number of carbonyl (C=O) groups excluding carboxylic acids is 1. The fourth-order valence-corrected chi connectivity index (χ4v) is 3.49. The van der Waals surface area contributed by atoms with Crippen molar-refractivity contribution in [1.82, 2.24) is 24.6 Å². The second-order valence-corrected chi connectivity index (χ2v) is 7.22. The van der Waals surface area contributed by atoms with Gasteiger partial charge in [0.2, 0.25) is 0 Å². The van der Waals surface area contributed by atoms with Crippen LogP contribution in [0.5, 0.6) is 0 Å². The van der Waals surface area contributed by atoms with Gasteiger partial charge in [-0.1, -0.05) is 13.8 Å². The quantitative estimate of drug-likeness (QED) is 0.706. The third kappa shape index (κ3) is 3.05. The molecule has 0 aliphatic carbocycles. The van der Waals surface area contributed by atoms with E-state index in [-0.39, 0.29) is 11.8 Å². The molecule has 3 aromatic rings. The van der Waals surface area contributed by atoms with Crippen molar-refractivity contribution in [1.29, 1.82) is 0 Å². The minimum absolute atomic E-state index is 0.0632. The molecule has 1 aliphatic rings. The van der Waals surface area contributed by atoms with Crippen molar-refractivity contribution in [3.05, 3.63) is 35.7 Å². The van der Waals surface area contributed by atoms with Gasteiger partial charge in [0.15, 0.2) is 11.6 Å². The van der Waals surface area contributed by atoms with Crippen molar-refractivity contribution < 1.29 is 9.21 Å². The highest BCUT2D eigenvalue weighted by Gasteiger charge is 2.27. The number of carbonyl (C=O) groups is 1. The van der Waals surface area contributed by atoms with Crippen LogP contribution in [-0.4, -0.2) is 56.7 Å². The van der Waals surface area contributed by atoms with Crippen molar-refractivity contribution >= 4 is 22.8 Å². The Balaban J connectivity index is 1.63. The zero-order valence-corrected chi connectivity index (χ0v) is 16.1. The third-order valence-electron chi connectivity index (χ3n) is 4.96. The standard InChI is InChI=1S/C19H24N6O2/c1-12(2)17-20-15-13(3)22-23(4)16(15)18(21-17)24-7-9-25(10-8-24)19(26)14-6-5-11-27-14/h5-6,11-12H,7-10H2,1-4H3. The van der Waals surface area contributed by atoms with Gasteiger partial charge in [0.1, 0.15) is 16.9 Å². The van der Waals surface area contributed by atoms with Crippen LogP contribution in [0, 0.1) is 6.92 Å². The molecule has 4 heterocycles. The molecule has 1 amide bonds. The maximum Gasteiger partial charge on any atom is 0.289 e. The lowest BCUT2D eigenvalue weighted by atomic mass is 10.2. The van der Waals surface area contributed by atoms with E-state index in [0.717, 1.165) is 28.4 Å². The fraction of sp³-hybridized carbons (Fsp3) is 0.474. The third-order valence-corrected chi connectivity index (χ3v) is 4.96. The lowest BCUT2D eigenvalue weighted by Crippen LogP contribution is -2.49. The fourth-order valence-electron chi connectivity index (χ4n) is 3.49. The summed E-state index contributed by atoms with van der Waals surface area (Å²) in [7, 11) is 1.92. The highest BCUT2D eigenvalue weighted by Crippen LogP contribution is 2.28. The van der Waals surface area contributed by atoms with Crippen LogP contribution in [0.15, 0.2) is 22.8 Å². The van der Waals surface area contributed by atoms with Gasteiger partial charge in [-0.05, 0) is 19.1 Å². The molecule has 0 aromatic carbocycles. The zero-order valence-electron chi connectivity index (χ0n) is 16.1. The molecule has 0 spiro atoms. The number of rotatable bonds is 3. The number of fused-ring (bicyclic) bond motifs is 1. The Morgan fingerprint density at radius 2 is 1.93 bits per heavy atom. The normalized spacial score (nSPS) is 15.1. The first kappa shape index (κ1) is 17.5. The average Bonchev–Trinajstić information content (AvgIpc) is 3.29. The van der Waals surface area contributed by atoms with Crippen LogP contribution in [0.1, 0.15) is 41.8 Å². The Hall–Kier alpha value is -2.90. The van der Waals surface area contributed by atoms with Gasteiger partial charge in [0.05, 0.1) is 12.0 Å². The Bertz CT molecular complexity index is 968. The van der Waals surface area contributed by atoms with Gasteiger partial charge < -0.3 is 14.2 Å². The van der Waals surface area contributed by atoms with Crippen LogP contribution in [0.2, 0.25) is 0 Å². The smallest absolute Gasteiger partial charge is 0.289 e. The van der Waals surface area contributed by atoms with Crippen molar-refractivity contribution in [2.45, 2.75) is 26.7 Å². The monoisotopic (exact) mass is 368 g/mol. The highest BCUT2D eigenvalue weighted by molar-refractivity contribution is 5.92. The van der Waals surface area contributed by atoms with E-state index in [1.54, 1.807) is 12.1 Å². The SMILES string of the molecule is Cc1nn(C)c2c(N3CCN(C(=O)c4ccco4)CC3)nc(C(C)C)nc12. The van der Waals surface area contributed by atoms with E-state index in [1.807, 2.05) is 23.6 Å². The Morgan fingerprint density at radius 3 is 2.56 bits per heavy atom. The first-order valence-electron chi connectivity index (χ1n) is 9.24. The van der Waals surface area contributed by atoms with Crippen molar-refractivity contribution in [3.8, 4) is 0 Å². The number of hydrogen-bond donors (Lipinski definition) is 0. The maximum atomic E-state index is 12.5. The summed E-state index contributed by atoms with van der Waals surface area (Å²) < 4.78 is 7.09. The van der Waals surface area contributed by atoms with E-state index >= 15 is 0 Å². The summed E-state index contributed by atoms with van der Waals surface area (Å²) in [5, 5.41) is 4.53. The molecule has 0 unspecified atom stereocenters. The Kier molecular flexibility index (Phi) is 4.33. The number of aromatic nitrogens is 4. The first-order chi connectivity index (χ1) is 13.0. The molecule has 0 N–H and O–H groups in total. The molecule has 1 fully saturated rings. The van der Waals surface area contributed by atoms with Gasteiger partial charge in [0.25, 0.3) is 5.91 Å². The molecule has 4 rings (SSSR count). The Labute approximate surface area is 157 Å². The van der Waals surface area contributed by atoms with Crippen molar-refractivity contribution in [2.75, 3.05) is 31.1 Å². The predicted molar refractivity (Wildman–Crippen MR) is 102 cm³/mol. The molecule has 142 valence electrons. The van der Waals surface area contributed by atoms with Crippen LogP contribution in [0.25, 0.3) is 11.0 Å². The van der Waals surface area contributed by atoms with E-state index < -0.39 is 0 Å². The van der Waals surface area contributed by atoms with Gasteiger partial charge in [0, 0.05) is 39.1 Å². The number of anilines is 1. The van der Waals surface area contributed by atoms with Crippen molar-refractivity contribution in [3.63, 3.8) is 0 Å². The predicted octanol–water partition coefficient (Wildman–Crippen LogP) is 2.35. The molecular weight excluding hydrogens is 344 g/mol. The zero-order chi connectivity index (χ0) is 19.1. The van der Waals surface area contributed by atoms with Crippen LogP contribution in [0.3, 0.4) is 0 Å². The lowest BCUT2D eigenvalue weighted by molar-refractivity contribution is 0.0714. The topological polar surface area (TPSA) is 80.3 Å². The number of nitrogens with zero attached hydrogens (tertiary/aromatic N) is 6. The van der Waals surface area contributed by atoms with Gasteiger partial charge in [-0.15, -0.1) is 0 Å². The highest BCUT2D eigenvalue weighted by atomic mass is 16.3. The molecule has 0 radical (unpaired) electrons. The number of hydrogen-bond acceptors (Lipinski definition) is 6. The van der Waals surface area contributed by atoms with Crippen LogP contribution >= 0.6 is 0 Å². The molecule has 8 heteroatoms. The Morgan fingerprint density at radius 1 is 1.19 bits per heavy atom. The summed E-state index contributed by atoms with van der Waals surface area (Å²) in [6.45, 7) is 8.83. The van der Waals surface area contributed by atoms with E-state index in [4.69, 9.17) is 14.4 Å². The van der Waals surface area contributed by atoms with Gasteiger partial charge in [-0.25, -0.2) is 9.97 Å². The molecule has 8 nitrogen and oxygen atoms in total. The lowest BCUT2D eigenvalue weighted by Gasteiger charge is -2.35. The number of amides is 1. The summed E-state index contributed by atoms with van der Waals surface area (Å²) >= 11 is 0. The molecule has 27 heavy (non-hydrogen) atoms. The number of piperazine rings is 1. The first-order valence-corrected chi connectivity index (χ1v) is 9.24. The second-order valence-electron chi connectivity index (χ2n) is 7.22. The van der Waals surface area contributed by atoms with E-state index in [0.29, 0.717) is 31.9 Å². The van der Waals surface area contributed by atoms with Crippen LogP contribution in [0.4, 0.5) is 5.82 Å². The van der Waals surface area contributed by atoms with E-state index in [1.165, 1.54) is 6.26 Å². The van der Waals surface area contributed by atoms with Crippen LogP contribution in [-0.2, 0) is 7.05 Å². The maximum absolute atomic E-state index is 12.5.